The average molecular weight is 1470 g/mol. The fraction of sp³-hybridized carbons (Fsp3) is 0.951. The Bertz CT molecular complexity index is 1930. The van der Waals surface area contributed by atoms with Gasteiger partial charge in [-0.3, -0.25) is 37.3 Å². The molecule has 0 amide bonds. The lowest BCUT2D eigenvalue weighted by Crippen LogP contribution is -2.30. The van der Waals surface area contributed by atoms with Crippen molar-refractivity contribution in [2.24, 2.45) is 11.8 Å². The summed E-state index contributed by atoms with van der Waals surface area (Å²) < 4.78 is 68.6. The molecule has 0 aromatic heterocycles. The molecule has 0 saturated carbocycles. The number of hydrogen-bond acceptors (Lipinski definition) is 15. The molecule has 0 saturated heterocycles. The number of carbonyl (C=O) groups is 4. The van der Waals surface area contributed by atoms with Crippen LogP contribution in [0.1, 0.15) is 427 Å². The summed E-state index contributed by atoms with van der Waals surface area (Å²) in [6, 6.07) is 0. The van der Waals surface area contributed by atoms with Crippen LogP contribution in [0, 0.1) is 11.8 Å². The van der Waals surface area contributed by atoms with E-state index in [4.69, 9.17) is 37.0 Å². The molecule has 0 aromatic rings. The molecule has 0 aliphatic heterocycles. The second-order valence-corrected chi connectivity index (χ2v) is 32.8. The van der Waals surface area contributed by atoms with Gasteiger partial charge >= 0.3 is 39.5 Å². The predicted octanol–water partition coefficient (Wildman–Crippen LogP) is 24.3. The first kappa shape index (κ1) is 98.1. The molecule has 3 N–H and O–H groups in total. The topological polar surface area (TPSA) is 237 Å². The van der Waals surface area contributed by atoms with Crippen molar-refractivity contribution >= 4 is 39.5 Å². The average Bonchev–Trinajstić information content (AvgIpc) is 0.927. The Morgan fingerprint density at radius 2 is 0.510 bits per heavy atom. The maximum Gasteiger partial charge on any atom is 0.472 e. The molecule has 0 aromatic carbocycles. The zero-order valence-corrected chi connectivity index (χ0v) is 67.3. The fourth-order valence-corrected chi connectivity index (χ4v) is 14.1. The van der Waals surface area contributed by atoms with Gasteiger partial charge < -0.3 is 33.8 Å². The Morgan fingerprint density at radius 1 is 0.290 bits per heavy atom. The van der Waals surface area contributed by atoms with Gasteiger partial charge in [0.15, 0.2) is 12.2 Å². The lowest BCUT2D eigenvalue weighted by molar-refractivity contribution is -0.161. The Hall–Kier alpha value is -1.94. The van der Waals surface area contributed by atoms with Crippen LogP contribution in [-0.4, -0.2) is 96.7 Å². The first-order valence-electron chi connectivity index (χ1n) is 42.0. The second-order valence-electron chi connectivity index (χ2n) is 29.9. The van der Waals surface area contributed by atoms with E-state index >= 15 is 0 Å². The molecule has 0 heterocycles. The van der Waals surface area contributed by atoms with Gasteiger partial charge in [0, 0.05) is 25.7 Å². The van der Waals surface area contributed by atoms with Gasteiger partial charge in [0.1, 0.15) is 19.3 Å². The number of ether oxygens (including phenoxy) is 4. The third-order valence-electron chi connectivity index (χ3n) is 19.3. The van der Waals surface area contributed by atoms with E-state index in [9.17, 15) is 43.2 Å². The van der Waals surface area contributed by atoms with Crippen LogP contribution in [0.5, 0.6) is 0 Å². The zero-order valence-electron chi connectivity index (χ0n) is 65.5. The molecule has 0 spiro atoms. The van der Waals surface area contributed by atoms with Crippen LogP contribution in [0.3, 0.4) is 0 Å². The minimum absolute atomic E-state index is 0.105. The van der Waals surface area contributed by atoms with Crippen LogP contribution in [0.15, 0.2) is 0 Å². The molecule has 19 heteroatoms. The van der Waals surface area contributed by atoms with Crippen LogP contribution in [0.2, 0.25) is 0 Å². The third kappa shape index (κ3) is 73.0. The monoisotopic (exact) mass is 1470 g/mol. The summed E-state index contributed by atoms with van der Waals surface area (Å²) in [6.45, 7) is 9.65. The molecule has 3 unspecified atom stereocenters. The smallest absolute Gasteiger partial charge is 0.462 e. The minimum Gasteiger partial charge on any atom is -0.462 e. The predicted molar refractivity (Wildman–Crippen MR) is 409 cm³/mol. The summed E-state index contributed by atoms with van der Waals surface area (Å²) in [7, 11) is -9.92. The lowest BCUT2D eigenvalue weighted by Gasteiger charge is -2.21. The van der Waals surface area contributed by atoms with E-state index in [1.807, 2.05) is 0 Å². The Morgan fingerprint density at radius 3 is 0.760 bits per heavy atom. The molecule has 0 fully saturated rings. The summed E-state index contributed by atoms with van der Waals surface area (Å²) in [5.74, 6) is -0.522. The minimum atomic E-state index is -4.96. The van der Waals surface area contributed by atoms with Gasteiger partial charge in [-0.05, 0) is 37.5 Å². The maximum absolute atomic E-state index is 13.1. The lowest BCUT2D eigenvalue weighted by atomic mass is 9.99. The van der Waals surface area contributed by atoms with Gasteiger partial charge in [-0.2, -0.15) is 0 Å². The summed E-state index contributed by atoms with van der Waals surface area (Å²) in [6.07, 6.45) is 62.5. The number of phosphoric ester groups is 2. The number of aliphatic hydroxyl groups is 1. The maximum atomic E-state index is 13.1. The molecule has 0 radical (unpaired) electrons. The van der Waals surface area contributed by atoms with Gasteiger partial charge in [-0.25, -0.2) is 9.13 Å². The van der Waals surface area contributed by atoms with Crippen molar-refractivity contribution in [3.05, 3.63) is 0 Å². The number of unbranched alkanes of at least 4 members (excludes halogenated alkanes) is 49. The van der Waals surface area contributed by atoms with Crippen LogP contribution in [0.25, 0.3) is 0 Å². The first-order chi connectivity index (χ1) is 48.4. The summed E-state index contributed by atoms with van der Waals surface area (Å²) in [5, 5.41) is 10.6. The molecule has 6 atom stereocenters. The van der Waals surface area contributed by atoms with Crippen LogP contribution in [0.4, 0.5) is 0 Å². The number of rotatable bonds is 80. The first-order valence-corrected chi connectivity index (χ1v) is 45.0. The number of phosphoric acid groups is 2. The van der Waals surface area contributed by atoms with E-state index in [1.54, 1.807) is 0 Å². The van der Waals surface area contributed by atoms with Gasteiger partial charge in [0.2, 0.25) is 0 Å². The SMILES string of the molecule is CCCCCCCCCCCCCCCCCCCCC(=O)OC[C@H](COP(=O)(O)OC[C@@H](O)COP(=O)(O)OC[C@@H](COC(=O)CCCCCCCCCCC)OC(=O)CCCCCCCCCCC(C)CC)OC(=O)CCCCCCCCCCCCCCCCCCCCC(C)C. The van der Waals surface area contributed by atoms with Crippen molar-refractivity contribution in [1.29, 1.82) is 0 Å². The van der Waals surface area contributed by atoms with Crippen molar-refractivity contribution < 1.29 is 80.2 Å². The zero-order chi connectivity index (χ0) is 73.5. The normalized spacial score (nSPS) is 14.2. The Labute approximate surface area is 613 Å². The number of hydrogen-bond donors (Lipinski definition) is 3. The van der Waals surface area contributed by atoms with E-state index in [2.05, 4.69) is 41.5 Å². The van der Waals surface area contributed by atoms with Crippen molar-refractivity contribution in [2.75, 3.05) is 39.6 Å². The van der Waals surface area contributed by atoms with Crippen molar-refractivity contribution in [2.45, 2.75) is 445 Å². The van der Waals surface area contributed by atoms with E-state index < -0.39 is 97.5 Å². The molecule has 17 nitrogen and oxygen atoms in total. The molecule has 594 valence electrons. The highest BCUT2D eigenvalue weighted by atomic mass is 31.2. The quantitative estimate of drug-likeness (QED) is 0.0222. The molecular weight excluding hydrogens is 1310 g/mol. The van der Waals surface area contributed by atoms with Gasteiger partial charge in [-0.15, -0.1) is 0 Å². The van der Waals surface area contributed by atoms with Crippen molar-refractivity contribution in [3.63, 3.8) is 0 Å². The van der Waals surface area contributed by atoms with Gasteiger partial charge in [0.05, 0.1) is 26.4 Å². The highest BCUT2D eigenvalue weighted by Crippen LogP contribution is 2.45. The highest BCUT2D eigenvalue weighted by Gasteiger charge is 2.30. The van der Waals surface area contributed by atoms with Crippen molar-refractivity contribution in [1.82, 2.24) is 0 Å². The van der Waals surface area contributed by atoms with E-state index in [0.29, 0.717) is 25.7 Å². The number of carbonyl (C=O) groups excluding carboxylic acids is 4. The summed E-state index contributed by atoms with van der Waals surface area (Å²) in [5.41, 5.74) is 0. The molecule has 100 heavy (non-hydrogen) atoms. The van der Waals surface area contributed by atoms with E-state index in [0.717, 1.165) is 102 Å². The number of aliphatic hydroxyl groups excluding tert-OH is 1. The third-order valence-corrected chi connectivity index (χ3v) is 21.2. The Balaban J connectivity index is 5.20. The molecule has 0 bridgehead atoms. The van der Waals surface area contributed by atoms with E-state index in [1.165, 1.54) is 244 Å². The van der Waals surface area contributed by atoms with E-state index in [-0.39, 0.29) is 25.7 Å². The second kappa shape index (κ2) is 72.6. The highest BCUT2D eigenvalue weighted by molar-refractivity contribution is 7.47. The van der Waals surface area contributed by atoms with Crippen LogP contribution < -0.4 is 0 Å². The standard InChI is InChI=1S/C81H158O17P2/c1-7-10-12-14-16-18-19-20-21-22-26-29-32-35-39-46-52-58-64-79(84)92-70-76(97-80(85)65-59-53-47-40-36-33-30-27-24-23-25-28-31-34-38-43-49-55-61-73(4)5)71-95-99(87,88)93-67-75(82)68-94-100(89,90)96-72-77(69-91-78(83)63-57-51-45-37-17-15-13-11-8-2)98-81(86)66-60-54-48-42-41-44-50-56-62-74(6)9-3/h73-77,82H,7-72H2,1-6H3,(H,87,88)(H,89,90)/t74?,75-,76-,77-/m1/s1. The van der Waals surface area contributed by atoms with Gasteiger partial charge in [-0.1, -0.05) is 375 Å². The summed E-state index contributed by atoms with van der Waals surface area (Å²) >= 11 is 0. The molecular formula is C81H158O17P2. The van der Waals surface area contributed by atoms with Crippen LogP contribution >= 0.6 is 15.6 Å². The summed E-state index contributed by atoms with van der Waals surface area (Å²) in [4.78, 5) is 72.9. The molecule has 0 aliphatic rings. The molecule has 0 rings (SSSR count). The van der Waals surface area contributed by atoms with Crippen LogP contribution in [-0.2, 0) is 65.4 Å². The van der Waals surface area contributed by atoms with Crippen molar-refractivity contribution in [3.8, 4) is 0 Å². The fourth-order valence-electron chi connectivity index (χ4n) is 12.5. The van der Waals surface area contributed by atoms with Gasteiger partial charge in [0.25, 0.3) is 0 Å². The largest absolute Gasteiger partial charge is 0.472 e. The molecule has 0 aliphatic carbocycles. The Kier molecular flexibility index (Phi) is 71.2. The number of esters is 4.